The Balaban J connectivity index is 1.76. The van der Waals surface area contributed by atoms with Gasteiger partial charge in [0.2, 0.25) is 0 Å². The number of carbonyl (C=O) groups is 1. The van der Waals surface area contributed by atoms with Crippen LogP contribution in [0.4, 0.5) is 0 Å². The lowest BCUT2D eigenvalue weighted by atomic mass is 10.3. The number of esters is 1. The summed E-state index contributed by atoms with van der Waals surface area (Å²) in [4.78, 5) is 17.8. The van der Waals surface area contributed by atoms with Crippen LogP contribution >= 0.6 is 11.3 Å². The fourth-order valence-corrected chi connectivity index (χ4v) is 2.26. The van der Waals surface area contributed by atoms with Gasteiger partial charge in [0.25, 0.3) is 0 Å². The molecule has 0 unspecified atom stereocenters. The van der Waals surface area contributed by atoms with Crippen LogP contribution in [0, 0.1) is 0 Å². The number of rotatable bonds is 4. The fourth-order valence-electron chi connectivity index (χ4n) is 1.74. The Morgan fingerprint density at radius 1 is 1.65 bits per heavy atom. The molecule has 1 aromatic heterocycles. The molecule has 94 valence electrons. The Morgan fingerprint density at radius 3 is 3.06 bits per heavy atom. The van der Waals surface area contributed by atoms with E-state index in [-0.39, 0.29) is 12.1 Å². The SMILES string of the molecule is C[C@@H](CN1CCOCC1)OC(=O)c1cscn1. The average Bonchev–Trinajstić information content (AvgIpc) is 2.83. The van der Waals surface area contributed by atoms with E-state index < -0.39 is 0 Å². The standard InChI is InChI=1S/C11H16N2O3S/c1-9(6-13-2-4-15-5-3-13)16-11(14)10-7-17-8-12-10/h7-9H,2-6H2,1H3/t9-/m0/s1. The van der Waals surface area contributed by atoms with Crippen molar-refractivity contribution >= 4 is 17.3 Å². The summed E-state index contributed by atoms with van der Waals surface area (Å²) >= 11 is 1.39. The lowest BCUT2D eigenvalue weighted by Gasteiger charge is -2.28. The topological polar surface area (TPSA) is 51.7 Å². The first-order chi connectivity index (χ1) is 8.25. The summed E-state index contributed by atoms with van der Waals surface area (Å²) in [7, 11) is 0. The largest absolute Gasteiger partial charge is 0.457 e. The van der Waals surface area contributed by atoms with Crippen molar-refractivity contribution < 1.29 is 14.3 Å². The van der Waals surface area contributed by atoms with Crippen LogP contribution in [-0.4, -0.2) is 54.8 Å². The van der Waals surface area contributed by atoms with Crippen molar-refractivity contribution in [2.75, 3.05) is 32.8 Å². The van der Waals surface area contributed by atoms with E-state index in [0.29, 0.717) is 5.69 Å². The highest BCUT2D eigenvalue weighted by atomic mass is 32.1. The number of nitrogens with zero attached hydrogens (tertiary/aromatic N) is 2. The number of carbonyl (C=O) groups excluding carboxylic acids is 1. The lowest BCUT2D eigenvalue weighted by Crippen LogP contribution is -2.41. The van der Waals surface area contributed by atoms with Crippen LogP contribution in [0.2, 0.25) is 0 Å². The van der Waals surface area contributed by atoms with Crippen molar-refractivity contribution in [3.63, 3.8) is 0 Å². The van der Waals surface area contributed by atoms with Crippen molar-refractivity contribution in [2.45, 2.75) is 13.0 Å². The van der Waals surface area contributed by atoms with E-state index in [2.05, 4.69) is 9.88 Å². The van der Waals surface area contributed by atoms with E-state index >= 15 is 0 Å². The van der Waals surface area contributed by atoms with Gasteiger partial charge >= 0.3 is 5.97 Å². The second-order valence-corrected chi connectivity index (χ2v) is 4.72. The molecule has 1 aliphatic heterocycles. The molecule has 6 heteroatoms. The molecule has 0 spiro atoms. The predicted octanol–water partition coefficient (Wildman–Crippen LogP) is 1.02. The summed E-state index contributed by atoms with van der Waals surface area (Å²) in [5.41, 5.74) is 2.02. The van der Waals surface area contributed by atoms with Gasteiger partial charge in [-0.1, -0.05) is 0 Å². The van der Waals surface area contributed by atoms with Gasteiger partial charge in [-0.15, -0.1) is 11.3 Å². The van der Waals surface area contributed by atoms with E-state index in [4.69, 9.17) is 9.47 Å². The summed E-state index contributed by atoms with van der Waals surface area (Å²) in [6.07, 6.45) is -0.123. The summed E-state index contributed by atoms with van der Waals surface area (Å²) in [5, 5.41) is 1.70. The molecule has 0 aromatic carbocycles. The Morgan fingerprint density at radius 2 is 2.41 bits per heavy atom. The number of thiazole rings is 1. The summed E-state index contributed by atoms with van der Waals surface area (Å²) in [5.74, 6) is -0.341. The first-order valence-electron chi connectivity index (χ1n) is 5.65. The molecule has 17 heavy (non-hydrogen) atoms. The van der Waals surface area contributed by atoms with Crippen LogP contribution in [0.25, 0.3) is 0 Å². The Kier molecular flexibility index (Phi) is 4.47. The molecule has 2 rings (SSSR count). The van der Waals surface area contributed by atoms with Crippen LogP contribution in [0.1, 0.15) is 17.4 Å². The normalized spacial score (nSPS) is 18.9. The van der Waals surface area contributed by atoms with Gasteiger partial charge in [0.15, 0.2) is 5.69 Å². The number of morpholine rings is 1. The van der Waals surface area contributed by atoms with Gasteiger partial charge in [-0.2, -0.15) is 0 Å². The first kappa shape index (κ1) is 12.5. The van der Waals surface area contributed by atoms with E-state index in [9.17, 15) is 4.79 Å². The van der Waals surface area contributed by atoms with Crippen molar-refractivity contribution in [1.82, 2.24) is 9.88 Å². The number of hydrogen-bond donors (Lipinski definition) is 0. The van der Waals surface area contributed by atoms with Crippen LogP contribution in [0.15, 0.2) is 10.9 Å². The van der Waals surface area contributed by atoms with Gasteiger partial charge in [-0.3, -0.25) is 4.90 Å². The summed E-state index contributed by atoms with van der Waals surface area (Å²) < 4.78 is 10.6. The second-order valence-electron chi connectivity index (χ2n) is 4.00. The molecule has 1 aromatic rings. The third-order valence-corrected chi connectivity index (χ3v) is 3.16. The zero-order valence-electron chi connectivity index (χ0n) is 9.80. The molecule has 1 atom stereocenters. The molecular weight excluding hydrogens is 240 g/mol. The average molecular weight is 256 g/mol. The predicted molar refractivity (Wildman–Crippen MR) is 64.3 cm³/mol. The zero-order valence-corrected chi connectivity index (χ0v) is 10.6. The minimum Gasteiger partial charge on any atom is -0.457 e. The van der Waals surface area contributed by atoms with Crippen LogP contribution in [0.5, 0.6) is 0 Å². The Labute approximate surface area is 104 Å². The van der Waals surface area contributed by atoms with Gasteiger partial charge in [0, 0.05) is 25.0 Å². The maximum Gasteiger partial charge on any atom is 0.358 e. The number of hydrogen-bond acceptors (Lipinski definition) is 6. The Hall–Kier alpha value is -0.980. The zero-order chi connectivity index (χ0) is 12.1. The molecule has 1 saturated heterocycles. The van der Waals surface area contributed by atoms with E-state index in [0.717, 1.165) is 32.8 Å². The number of aromatic nitrogens is 1. The van der Waals surface area contributed by atoms with Crippen molar-refractivity contribution in [2.24, 2.45) is 0 Å². The van der Waals surface area contributed by atoms with Crippen molar-refractivity contribution in [1.29, 1.82) is 0 Å². The summed E-state index contributed by atoms with van der Waals surface area (Å²) in [6, 6.07) is 0. The van der Waals surface area contributed by atoms with Gasteiger partial charge in [-0.05, 0) is 6.92 Å². The quantitative estimate of drug-likeness (QED) is 0.753. The maximum atomic E-state index is 11.6. The molecule has 5 nitrogen and oxygen atoms in total. The first-order valence-corrected chi connectivity index (χ1v) is 6.59. The molecule has 0 saturated carbocycles. The van der Waals surface area contributed by atoms with E-state index in [1.165, 1.54) is 11.3 Å². The second kappa shape index (κ2) is 6.09. The molecule has 1 fully saturated rings. The number of ether oxygens (including phenoxy) is 2. The molecule has 0 N–H and O–H groups in total. The highest BCUT2D eigenvalue weighted by Gasteiger charge is 2.18. The molecule has 0 aliphatic carbocycles. The van der Waals surface area contributed by atoms with E-state index in [1.807, 2.05) is 6.92 Å². The summed E-state index contributed by atoms with van der Waals surface area (Å²) in [6.45, 7) is 5.97. The highest BCUT2D eigenvalue weighted by Crippen LogP contribution is 2.07. The van der Waals surface area contributed by atoms with Gasteiger partial charge in [-0.25, -0.2) is 9.78 Å². The van der Waals surface area contributed by atoms with E-state index in [1.54, 1.807) is 10.9 Å². The van der Waals surface area contributed by atoms with Crippen LogP contribution in [0.3, 0.4) is 0 Å². The van der Waals surface area contributed by atoms with Gasteiger partial charge in [0.05, 0.1) is 18.7 Å². The molecule has 0 radical (unpaired) electrons. The molecule has 2 heterocycles. The van der Waals surface area contributed by atoms with Crippen molar-refractivity contribution in [3.8, 4) is 0 Å². The molecule has 1 aliphatic rings. The smallest absolute Gasteiger partial charge is 0.358 e. The minimum atomic E-state index is -0.341. The van der Waals surface area contributed by atoms with Crippen LogP contribution in [-0.2, 0) is 9.47 Å². The van der Waals surface area contributed by atoms with Crippen LogP contribution < -0.4 is 0 Å². The monoisotopic (exact) mass is 256 g/mol. The lowest BCUT2D eigenvalue weighted by molar-refractivity contribution is 0.000161. The maximum absolute atomic E-state index is 11.6. The third-order valence-electron chi connectivity index (χ3n) is 2.57. The highest BCUT2D eigenvalue weighted by molar-refractivity contribution is 7.07. The van der Waals surface area contributed by atoms with Gasteiger partial charge < -0.3 is 9.47 Å². The Bertz CT molecular complexity index is 350. The van der Waals surface area contributed by atoms with Gasteiger partial charge in [0.1, 0.15) is 6.10 Å². The minimum absolute atomic E-state index is 0.123. The molecule has 0 bridgehead atoms. The molecular formula is C11H16N2O3S. The molecule has 0 amide bonds. The fraction of sp³-hybridized carbons (Fsp3) is 0.636. The third kappa shape index (κ3) is 3.76. The van der Waals surface area contributed by atoms with Crippen molar-refractivity contribution in [3.05, 3.63) is 16.6 Å².